The Morgan fingerprint density at radius 2 is 1.95 bits per heavy atom. The maximum absolute atomic E-state index is 12.7. The van der Waals surface area contributed by atoms with E-state index >= 15 is 0 Å². The van der Waals surface area contributed by atoms with Gasteiger partial charge in [0.05, 0.1) is 0 Å². The highest BCUT2D eigenvalue weighted by atomic mass is 127. The van der Waals surface area contributed by atoms with Crippen molar-refractivity contribution in [2.24, 2.45) is 0 Å². The van der Waals surface area contributed by atoms with Crippen molar-refractivity contribution in [3.63, 3.8) is 0 Å². The van der Waals surface area contributed by atoms with Gasteiger partial charge in [-0.15, -0.1) is 0 Å². The molecule has 4 heteroatoms. The minimum absolute atomic E-state index is 0.0470. The molecule has 0 aliphatic heterocycles. The number of aromatic nitrogens is 1. The third-order valence-electron chi connectivity index (χ3n) is 3.25. The molecule has 0 saturated carbocycles. The highest BCUT2D eigenvalue weighted by Gasteiger charge is 2.16. The maximum Gasteiger partial charge on any atom is 0.196 e. The predicted octanol–water partition coefficient (Wildman–Crippen LogP) is 5.07. The van der Waals surface area contributed by atoms with Crippen LogP contribution in [0.3, 0.4) is 0 Å². The third kappa shape index (κ3) is 2.42. The molecule has 0 bridgehead atoms. The van der Waals surface area contributed by atoms with Crippen LogP contribution < -0.4 is 0 Å². The molecule has 0 aliphatic rings. The number of hydrogen-bond donors (Lipinski definition) is 1. The smallest absolute Gasteiger partial charge is 0.196 e. The van der Waals surface area contributed by atoms with Gasteiger partial charge in [0.25, 0.3) is 0 Å². The molecule has 1 aromatic heterocycles. The van der Waals surface area contributed by atoms with Gasteiger partial charge in [0, 0.05) is 36.3 Å². The first-order valence-electron chi connectivity index (χ1n) is 6.14. The first-order chi connectivity index (χ1) is 9.56. The molecule has 20 heavy (non-hydrogen) atoms. The largest absolute Gasteiger partial charge is 0.360 e. The lowest BCUT2D eigenvalue weighted by atomic mass is 10.0. The van der Waals surface area contributed by atoms with Crippen molar-refractivity contribution < 1.29 is 4.79 Å². The lowest BCUT2D eigenvalue weighted by molar-refractivity contribution is 0.103. The summed E-state index contributed by atoms with van der Waals surface area (Å²) in [4.78, 5) is 15.9. The van der Waals surface area contributed by atoms with Crippen LogP contribution in [0.5, 0.6) is 0 Å². The number of H-pyrrole nitrogens is 1. The molecule has 0 unspecified atom stereocenters. The van der Waals surface area contributed by atoms with Crippen molar-refractivity contribution in [2.75, 3.05) is 0 Å². The number of fused-ring (bicyclic) bond motifs is 1. The molecule has 0 saturated heterocycles. The number of benzene rings is 2. The van der Waals surface area contributed by atoms with Gasteiger partial charge in [-0.25, -0.2) is 0 Å². The molecule has 1 heterocycles. The van der Waals surface area contributed by atoms with Gasteiger partial charge < -0.3 is 4.98 Å². The molecule has 0 atom stereocenters. The minimum atomic E-state index is 0.0470. The van der Waals surface area contributed by atoms with Crippen molar-refractivity contribution in [3.05, 3.63) is 67.3 Å². The molecule has 1 N–H and O–H groups in total. The van der Waals surface area contributed by atoms with Gasteiger partial charge >= 0.3 is 0 Å². The Hall–Kier alpha value is -1.14. The Bertz CT molecular complexity index is 822. The van der Waals surface area contributed by atoms with Gasteiger partial charge in [-0.3, -0.25) is 4.79 Å². The maximum atomic E-state index is 12.7. The van der Waals surface area contributed by atoms with E-state index < -0.39 is 0 Å². The van der Waals surface area contributed by atoms with Crippen molar-refractivity contribution in [3.8, 4) is 0 Å². The number of ketones is 1. The van der Waals surface area contributed by atoms with E-state index in [1.54, 1.807) is 6.20 Å². The van der Waals surface area contributed by atoms with Gasteiger partial charge in [0.2, 0.25) is 0 Å². The molecule has 100 valence electrons. The number of halogens is 2. The molecular formula is C16H11BrINO. The fraction of sp³-hybridized carbons (Fsp3) is 0.0625. The van der Waals surface area contributed by atoms with Crippen molar-refractivity contribution in [1.82, 2.24) is 4.98 Å². The van der Waals surface area contributed by atoms with E-state index in [2.05, 4.69) is 49.6 Å². The van der Waals surface area contributed by atoms with Crippen LogP contribution in [0.4, 0.5) is 0 Å². The molecule has 2 aromatic carbocycles. The minimum Gasteiger partial charge on any atom is -0.360 e. The average Bonchev–Trinajstić information content (AvgIpc) is 2.83. The normalized spacial score (nSPS) is 10.9. The van der Waals surface area contributed by atoms with Gasteiger partial charge in [0.1, 0.15) is 0 Å². The summed E-state index contributed by atoms with van der Waals surface area (Å²) >= 11 is 5.62. The SMILES string of the molecule is Cc1ccc2c(C(=O)c3cc(Br)ccc3I)c[nH]c2c1. The number of carbonyl (C=O) groups excluding carboxylic acids is 1. The number of aromatic amines is 1. The average molecular weight is 440 g/mol. The van der Waals surface area contributed by atoms with Crippen LogP contribution in [-0.4, -0.2) is 10.8 Å². The zero-order chi connectivity index (χ0) is 14.3. The summed E-state index contributed by atoms with van der Waals surface area (Å²) < 4.78 is 1.87. The Balaban J connectivity index is 2.15. The van der Waals surface area contributed by atoms with E-state index in [9.17, 15) is 4.79 Å². The van der Waals surface area contributed by atoms with E-state index in [0.29, 0.717) is 0 Å². The van der Waals surface area contributed by atoms with Crippen LogP contribution in [0, 0.1) is 10.5 Å². The summed E-state index contributed by atoms with van der Waals surface area (Å²) in [6.07, 6.45) is 1.80. The fourth-order valence-corrected chi connectivity index (χ4v) is 3.19. The second kappa shape index (κ2) is 5.33. The summed E-state index contributed by atoms with van der Waals surface area (Å²) in [6.45, 7) is 2.04. The third-order valence-corrected chi connectivity index (χ3v) is 4.69. The lowest BCUT2D eigenvalue weighted by Crippen LogP contribution is -2.03. The van der Waals surface area contributed by atoms with Crippen LogP contribution >= 0.6 is 38.5 Å². The second-order valence-corrected chi connectivity index (χ2v) is 6.78. The second-order valence-electron chi connectivity index (χ2n) is 4.70. The van der Waals surface area contributed by atoms with Gasteiger partial charge in [-0.05, 0) is 59.3 Å². The van der Waals surface area contributed by atoms with E-state index in [0.717, 1.165) is 30.1 Å². The van der Waals surface area contributed by atoms with Crippen LogP contribution in [0.1, 0.15) is 21.5 Å². The first kappa shape index (κ1) is 13.8. The Labute approximate surface area is 138 Å². The van der Waals surface area contributed by atoms with Crippen molar-refractivity contribution in [1.29, 1.82) is 0 Å². The van der Waals surface area contributed by atoms with Gasteiger partial charge in [-0.2, -0.15) is 0 Å². The topological polar surface area (TPSA) is 32.9 Å². The molecule has 3 rings (SSSR count). The van der Waals surface area contributed by atoms with E-state index in [4.69, 9.17) is 0 Å². The standard InChI is InChI=1S/C16H11BrINO/c1-9-2-4-11-13(8-19-15(11)6-9)16(20)12-7-10(17)3-5-14(12)18/h2-8,19H,1H3. The quantitative estimate of drug-likeness (QED) is 0.438. The molecule has 0 fully saturated rings. The van der Waals surface area contributed by atoms with Crippen LogP contribution in [0.15, 0.2) is 47.1 Å². The zero-order valence-corrected chi connectivity index (χ0v) is 14.4. The number of carbonyl (C=O) groups is 1. The Morgan fingerprint density at radius 3 is 2.75 bits per heavy atom. The molecule has 2 nitrogen and oxygen atoms in total. The molecule has 0 spiro atoms. The summed E-state index contributed by atoms with van der Waals surface area (Å²) in [5.41, 5.74) is 3.62. The molecule has 0 aliphatic carbocycles. The number of hydrogen-bond acceptors (Lipinski definition) is 1. The van der Waals surface area contributed by atoms with Crippen LogP contribution in [0.2, 0.25) is 0 Å². The number of nitrogens with one attached hydrogen (secondary N) is 1. The summed E-state index contributed by atoms with van der Waals surface area (Å²) in [5.74, 6) is 0.0470. The summed E-state index contributed by atoms with van der Waals surface area (Å²) in [6, 6.07) is 11.8. The van der Waals surface area contributed by atoms with E-state index in [1.807, 2.05) is 37.3 Å². The molecule has 3 aromatic rings. The highest BCUT2D eigenvalue weighted by molar-refractivity contribution is 14.1. The molecule has 0 amide bonds. The molecular weight excluding hydrogens is 429 g/mol. The summed E-state index contributed by atoms with van der Waals surface area (Å²) in [7, 11) is 0. The van der Waals surface area contributed by atoms with Crippen LogP contribution in [-0.2, 0) is 0 Å². The predicted molar refractivity (Wildman–Crippen MR) is 93.3 cm³/mol. The zero-order valence-electron chi connectivity index (χ0n) is 10.7. The van der Waals surface area contributed by atoms with Gasteiger partial charge in [-0.1, -0.05) is 28.1 Å². The fourth-order valence-electron chi connectivity index (χ4n) is 2.24. The number of rotatable bonds is 2. The number of aryl methyl sites for hydroxylation is 1. The van der Waals surface area contributed by atoms with E-state index in [1.165, 1.54) is 5.56 Å². The van der Waals surface area contributed by atoms with E-state index in [-0.39, 0.29) is 5.78 Å². The van der Waals surface area contributed by atoms with Crippen molar-refractivity contribution >= 4 is 55.2 Å². The van der Waals surface area contributed by atoms with Crippen molar-refractivity contribution in [2.45, 2.75) is 6.92 Å². The highest BCUT2D eigenvalue weighted by Crippen LogP contribution is 2.26. The first-order valence-corrected chi connectivity index (χ1v) is 8.01. The summed E-state index contributed by atoms with van der Waals surface area (Å²) in [5, 5.41) is 0.969. The monoisotopic (exact) mass is 439 g/mol. The lowest BCUT2D eigenvalue weighted by Gasteiger charge is -2.04. The Kier molecular flexibility index (Phi) is 3.69. The van der Waals surface area contributed by atoms with Gasteiger partial charge in [0.15, 0.2) is 5.78 Å². The molecule has 0 radical (unpaired) electrons. The van der Waals surface area contributed by atoms with Crippen LogP contribution in [0.25, 0.3) is 10.9 Å². The Morgan fingerprint density at radius 1 is 1.15 bits per heavy atom.